The summed E-state index contributed by atoms with van der Waals surface area (Å²) < 4.78 is 0. The molecule has 0 saturated carbocycles. The second-order valence-corrected chi connectivity index (χ2v) is 3.97. The minimum absolute atomic E-state index is 0.673. The van der Waals surface area contributed by atoms with Gasteiger partial charge in [-0.2, -0.15) is 0 Å². The average molecular weight is 185 g/mol. The molecule has 1 fully saturated rings. The Morgan fingerprint density at radius 1 is 1.62 bits per heavy atom. The first-order valence-corrected chi connectivity index (χ1v) is 5.36. The molecule has 3 nitrogen and oxygen atoms in total. The summed E-state index contributed by atoms with van der Waals surface area (Å²) in [6.07, 6.45) is 2.48. The Bertz CT molecular complexity index is 134. The van der Waals surface area contributed by atoms with Gasteiger partial charge in [-0.05, 0) is 26.9 Å². The lowest BCUT2D eigenvalue weighted by Gasteiger charge is -2.35. The highest BCUT2D eigenvalue weighted by molar-refractivity contribution is 4.81. The van der Waals surface area contributed by atoms with Gasteiger partial charge in [0, 0.05) is 31.7 Å². The molecule has 13 heavy (non-hydrogen) atoms. The highest BCUT2D eigenvalue weighted by Crippen LogP contribution is 2.09. The normalized spacial score (nSPS) is 27.5. The predicted octanol–water partition coefficient (Wildman–Crippen LogP) is 0.278. The fourth-order valence-electron chi connectivity index (χ4n) is 1.94. The molecular formula is C10H23N3. The van der Waals surface area contributed by atoms with Crippen molar-refractivity contribution in [3.63, 3.8) is 0 Å². The summed E-state index contributed by atoms with van der Waals surface area (Å²) in [5.41, 5.74) is 0. The van der Waals surface area contributed by atoms with Crippen LogP contribution in [0.25, 0.3) is 0 Å². The molecule has 0 radical (unpaired) electrons. The molecular weight excluding hydrogens is 162 g/mol. The van der Waals surface area contributed by atoms with E-state index in [1.807, 2.05) is 0 Å². The van der Waals surface area contributed by atoms with Crippen LogP contribution in [-0.2, 0) is 0 Å². The zero-order valence-electron chi connectivity index (χ0n) is 9.14. The van der Waals surface area contributed by atoms with Gasteiger partial charge in [-0.3, -0.25) is 0 Å². The Balaban J connectivity index is 2.32. The van der Waals surface area contributed by atoms with E-state index in [1.165, 1.54) is 19.4 Å². The Morgan fingerprint density at radius 2 is 2.38 bits per heavy atom. The van der Waals surface area contributed by atoms with Gasteiger partial charge in [0.1, 0.15) is 0 Å². The lowest BCUT2D eigenvalue weighted by molar-refractivity contribution is 0.177. The van der Waals surface area contributed by atoms with Crippen molar-refractivity contribution in [2.75, 3.05) is 33.7 Å². The molecule has 0 bridgehead atoms. The Labute approximate surface area is 81.9 Å². The van der Waals surface area contributed by atoms with E-state index in [0.29, 0.717) is 12.1 Å². The first-order chi connectivity index (χ1) is 6.27. The number of likely N-dealkylation sites (N-methyl/N-ethyl adjacent to an activating group) is 1. The number of nitrogens with one attached hydrogen (secondary N) is 2. The summed E-state index contributed by atoms with van der Waals surface area (Å²) in [5.74, 6) is 0. The second-order valence-electron chi connectivity index (χ2n) is 3.97. The van der Waals surface area contributed by atoms with Crippen LogP contribution in [-0.4, -0.2) is 50.7 Å². The molecule has 2 N–H and O–H groups in total. The molecule has 0 amide bonds. The van der Waals surface area contributed by atoms with Gasteiger partial charge in [0.15, 0.2) is 0 Å². The van der Waals surface area contributed by atoms with Crippen LogP contribution in [0.5, 0.6) is 0 Å². The van der Waals surface area contributed by atoms with Gasteiger partial charge >= 0.3 is 0 Å². The summed E-state index contributed by atoms with van der Waals surface area (Å²) in [6.45, 7) is 5.72. The lowest BCUT2D eigenvalue weighted by Crippen LogP contribution is -2.51. The van der Waals surface area contributed by atoms with Gasteiger partial charge in [0.2, 0.25) is 0 Å². The van der Waals surface area contributed by atoms with Crippen molar-refractivity contribution in [2.24, 2.45) is 0 Å². The summed E-state index contributed by atoms with van der Waals surface area (Å²) in [6, 6.07) is 1.39. The third-order valence-corrected chi connectivity index (χ3v) is 3.10. The van der Waals surface area contributed by atoms with Gasteiger partial charge < -0.3 is 15.5 Å². The fraction of sp³-hybridized carbons (Fsp3) is 1.00. The van der Waals surface area contributed by atoms with Crippen molar-refractivity contribution in [3.05, 3.63) is 0 Å². The van der Waals surface area contributed by atoms with Gasteiger partial charge in [0.25, 0.3) is 0 Å². The maximum Gasteiger partial charge on any atom is 0.0232 e. The van der Waals surface area contributed by atoms with Crippen LogP contribution in [0.4, 0.5) is 0 Å². The molecule has 0 spiro atoms. The molecule has 1 aliphatic heterocycles. The van der Waals surface area contributed by atoms with Crippen LogP contribution in [0.15, 0.2) is 0 Å². The Kier molecular flexibility index (Phi) is 4.70. The van der Waals surface area contributed by atoms with Crippen molar-refractivity contribution in [2.45, 2.75) is 31.8 Å². The number of nitrogens with zero attached hydrogens (tertiary/aromatic N) is 1. The molecule has 1 saturated heterocycles. The van der Waals surface area contributed by atoms with Gasteiger partial charge in [-0.25, -0.2) is 0 Å². The standard InChI is InChI=1S/C10H23N3/c1-4-9(11-2)7-10-8-12-5-6-13(10)3/h9-12H,4-8H2,1-3H3. The fourth-order valence-corrected chi connectivity index (χ4v) is 1.94. The minimum Gasteiger partial charge on any atom is -0.317 e. The van der Waals surface area contributed by atoms with Crippen molar-refractivity contribution in [1.29, 1.82) is 0 Å². The van der Waals surface area contributed by atoms with E-state index < -0.39 is 0 Å². The Hall–Kier alpha value is -0.120. The number of hydrogen-bond donors (Lipinski definition) is 2. The van der Waals surface area contributed by atoms with Crippen LogP contribution in [0, 0.1) is 0 Å². The highest BCUT2D eigenvalue weighted by Gasteiger charge is 2.20. The lowest BCUT2D eigenvalue weighted by atomic mass is 10.0. The topological polar surface area (TPSA) is 27.3 Å². The van der Waals surface area contributed by atoms with E-state index in [1.54, 1.807) is 0 Å². The van der Waals surface area contributed by atoms with Crippen molar-refractivity contribution in [1.82, 2.24) is 15.5 Å². The minimum atomic E-state index is 0.673. The molecule has 0 aromatic heterocycles. The van der Waals surface area contributed by atoms with E-state index in [4.69, 9.17) is 0 Å². The second kappa shape index (κ2) is 5.58. The Morgan fingerprint density at radius 3 is 2.92 bits per heavy atom. The molecule has 3 heteroatoms. The molecule has 1 rings (SSSR count). The highest BCUT2D eigenvalue weighted by atomic mass is 15.2. The molecule has 2 atom stereocenters. The molecule has 0 aromatic rings. The van der Waals surface area contributed by atoms with E-state index in [-0.39, 0.29) is 0 Å². The van der Waals surface area contributed by atoms with Gasteiger partial charge in [-0.15, -0.1) is 0 Å². The van der Waals surface area contributed by atoms with Crippen LogP contribution < -0.4 is 10.6 Å². The molecule has 1 aliphatic rings. The zero-order chi connectivity index (χ0) is 9.68. The first kappa shape index (κ1) is 11.0. The average Bonchev–Trinajstić information content (AvgIpc) is 2.17. The molecule has 2 unspecified atom stereocenters. The van der Waals surface area contributed by atoms with Crippen LogP contribution in [0.3, 0.4) is 0 Å². The molecule has 0 aromatic carbocycles. The monoisotopic (exact) mass is 185 g/mol. The molecule has 0 aliphatic carbocycles. The summed E-state index contributed by atoms with van der Waals surface area (Å²) in [4.78, 5) is 2.47. The predicted molar refractivity (Wildman–Crippen MR) is 57.0 cm³/mol. The summed E-state index contributed by atoms with van der Waals surface area (Å²) in [7, 11) is 4.29. The maximum atomic E-state index is 3.45. The van der Waals surface area contributed by atoms with E-state index >= 15 is 0 Å². The van der Waals surface area contributed by atoms with Crippen molar-refractivity contribution in [3.8, 4) is 0 Å². The number of piperazine rings is 1. The van der Waals surface area contributed by atoms with Crippen LogP contribution in [0.1, 0.15) is 19.8 Å². The third-order valence-electron chi connectivity index (χ3n) is 3.10. The van der Waals surface area contributed by atoms with E-state index in [9.17, 15) is 0 Å². The summed E-state index contributed by atoms with van der Waals surface area (Å²) >= 11 is 0. The number of rotatable bonds is 4. The van der Waals surface area contributed by atoms with Crippen LogP contribution >= 0.6 is 0 Å². The van der Waals surface area contributed by atoms with E-state index in [0.717, 1.165) is 13.1 Å². The maximum absolute atomic E-state index is 3.45. The third kappa shape index (κ3) is 3.25. The van der Waals surface area contributed by atoms with E-state index in [2.05, 4.69) is 36.6 Å². The quantitative estimate of drug-likeness (QED) is 0.659. The van der Waals surface area contributed by atoms with Gasteiger partial charge in [0.05, 0.1) is 0 Å². The molecule has 78 valence electrons. The van der Waals surface area contributed by atoms with Crippen LogP contribution in [0.2, 0.25) is 0 Å². The van der Waals surface area contributed by atoms with Crippen molar-refractivity contribution < 1.29 is 0 Å². The largest absolute Gasteiger partial charge is 0.317 e. The first-order valence-electron chi connectivity index (χ1n) is 5.36. The molecule has 1 heterocycles. The smallest absolute Gasteiger partial charge is 0.0232 e. The number of hydrogen-bond acceptors (Lipinski definition) is 3. The zero-order valence-corrected chi connectivity index (χ0v) is 9.14. The SMILES string of the molecule is CCC(CC1CNCCN1C)NC. The summed E-state index contributed by atoms with van der Waals surface area (Å²) in [5, 5.41) is 6.81. The van der Waals surface area contributed by atoms with Crippen molar-refractivity contribution >= 4 is 0 Å². The van der Waals surface area contributed by atoms with Gasteiger partial charge in [-0.1, -0.05) is 6.92 Å².